The van der Waals surface area contributed by atoms with Crippen LogP contribution >= 0.6 is 0 Å². The van der Waals surface area contributed by atoms with Crippen LogP contribution in [0.1, 0.15) is 41.8 Å². The van der Waals surface area contributed by atoms with Crippen molar-refractivity contribution in [2.45, 2.75) is 20.3 Å². The predicted molar refractivity (Wildman–Crippen MR) is 112 cm³/mol. The lowest BCUT2D eigenvalue weighted by molar-refractivity contribution is -0.139. The molecule has 0 amide bonds. The monoisotopic (exact) mass is 392 g/mol. The summed E-state index contributed by atoms with van der Waals surface area (Å²) in [6.07, 6.45) is 8.51. The van der Waals surface area contributed by atoms with Crippen molar-refractivity contribution in [2.75, 3.05) is 6.61 Å². The summed E-state index contributed by atoms with van der Waals surface area (Å²) in [5, 5.41) is 0. The lowest BCUT2D eigenvalue weighted by Crippen LogP contribution is -2.23. The average Bonchev–Trinajstić information content (AvgIpc) is 2.73. The summed E-state index contributed by atoms with van der Waals surface area (Å²) in [7, 11) is 0. The number of ether oxygens (including phenoxy) is 1. The number of carbonyl (C=O) groups excluding carboxylic acids is 2. The van der Waals surface area contributed by atoms with Crippen molar-refractivity contribution in [2.24, 2.45) is 17.8 Å². The molecule has 2 aromatic carbocycles. The van der Waals surface area contributed by atoms with E-state index < -0.39 is 0 Å². The summed E-state index contributed by atoms with van der Waals surface area (Å²) in [6, 6.07) is 12.4. The third-order valence-electron chi connectivity index (χ3n) is 5.29. The molecule has 1 aliphatic carbocycles. The van der Waals surface area contributed by atoms with Gasteiger partial charge < -0.3 is 4.74 Å². The number of benzene rings is 2. The minimum atomic E-state index is -0.377. The fourth-order valence-corrected chi connectivity index (χ4v) is 3.43. The molecule has 3 unspecified atom stereocenters. The molecule has 3 atom stereocenters. The van der Waals surface area contributed by atoms with Gasteiger partial charge in [0.05, 0.1) is 6.61 Å². The van der Waals surface area contributed by atoms with E-state index in [0.29, 0.717) is 35.5 Å². The quantitative estimate of drug-likeness (QED) is 0.284. The summed E-state index contributed by atoms with van der Waals surface area (Å²) >= 11 is 0. The summed E-state index contributed by atoms with van der Waals surface area (Å²) in [6.45, 7) is 4.73. The predicted octanol–water partition coefficient (Wildman–Crippen LogP) is 5.46. The van der Waals surface area contributed by atoms with Gasteiger partial charge in [0.25, 0.3) is 0 Å². The maximum absolute atomic E-state index is 13.0. The van der Waals surface area contributed by atoms with Gasteiger partial charge in [-0.25, -0.2) is 9.18 Å². The van der Waals surface area contributed by atoms with E-state index in [1.165, 1.54) is 30.3 Å². The van der Waals surface area contributed by atoms with E-state index in [4.69, 9.17) is 4.74 Å². The molecule has 0 N–H and O–H groups in total. The van der Waals surface area contributed by atoms with Crippen LogP contribution in [0, 0.1) is 23.6 Å². The first-order valence-corrected chi connectivity index (χ1v) is 9.86. The average molecular weight is 392 g/mol. The molecule has 0 saturated carbocycles. The molecule has 0 radical (unpaired) electrons. The van der Waals surface area contributed by atoms with E-state index in [9.17, 15) is 14.0 Å². The zero-order valence-electron chi connectivity index (χ0n) is 16.7. The first-order chi connectivity index (χ1) is 13.9. The molecular weight excluding hydrogens is 367 g/mol. The van der Waals surface area contributed by atoms with Gasteiger partial charge in [0, 0.05) is 17.2 Å². The van der Waals surface area contributed by atoms with E-state index in [-0.39, 0.29) is 17.6 Å². The van der Waals surface area contributed by atoms with E-state index in [2.05, 4.69) is 26.0 Å². The summed E-state index contributed by atoms with van der Waals surface area (Å²) < 4.78 is 18.4. The van der Waals surface area contributed by atoms with Gasteiger partial charge in [-0.1, -0.05) is 50.3 Å². The summed E-state index contributed by atoms with van der Waals surface area (Å²) in [5.74, 6) is 0.355. The standard InChI is InChI=1S/C25H25FO3/c1-17-3-4-18(2)22(15-17)16-29-24(27)14-7-19-5-8-20(9-6-19)25(28)21-10-12-23(26)13-11-21/h3-14,17-18,22H,15-16H2,1-2H3/b14-7+. The number of allylic oxidation sites excluding steroid dienone is 2. The number of carbonyl (C=O) groups is 2. The van der Waals surface area contributed by atoms with Crippen LogP contribution in [-0.4, -0.2) is 18.4 Å². The van der Waals surface area contributed by atoms with Crippen LogP contribution in [0.4, 0.5) is 4.39 Å². The topological polar surface area (TPSA) is 43.4 Å². The van der Waals surface area contributed by atoms with Crippen molar-refractivity contribution in [3.63, 3.8) is 0 Å². The zero-order valence-corrected chi connectivity index (χ0v) is 16.7. The molecule has 0 aromatic heterocycles. The molecule has 0 aliphatic heterocycles. The van der Waals surface area contributed by atoms with Crippen molar-refractivity contribution in [3.05, 3.63) is 89.3 Å². The molecule has 0 spiro atoms. The Bertz CT molecular complexity index is 910. The first-order valence-electron chi connectivity index (χ1n) is 9.86. The fourth-order valence-electron chi connectivity index (χ4n) is 3.43. The maximum atomic E-state index is 13.0. The van der Waals surface area contributed by atoms with E-state index in [1.54, 1.807) is 30.3 Å². The van der Waals surface area contributed by atoms with Crippen LogP contribution < -0.4 is 0 Å². The molecule has 0 heterocycles. The number of hydrogen-bond acceptors (Lipinski definition) is 3. The van der Waals surface area contributed by atoms with Crippen molar-refractivity contribution < 1.29 is 18.7 Å². The summed E-state index contributed by atoms with van der Waals surface area (Å²) in [4.78, 5) is 24.4. The Morgan fingerprint density at radius 2 is 1.62 bits per heavy atom. The second kappa shape index (κ2) is 9.46. The Labute approximate surface area is 170 Å². The van der Waals surface area contributed by atoms with Crippen molar-refractivity contribution >= 4 is 17.8 Å². The van der Waals surface area contributed by atoms with Crippen LogP contribution in [0.15, 0.2) is 66.8 Å². The van der Waals surface area contributed by atoms with Crippen LogP contribution in [-0.2, 0) is 9.53 Å². The highest BCUT2D eigenvalue weighted by atomic mass is 19.1. The minimum absolute atomic E-state index is 0.176. The number of esters is 1. The molecule has 0 bridgehead atoms. The molecule has 3 rings (SSSR count). The SMILES string of the molecule is CC1C=CC(C)C(COC(=O)/C=C/c2ccc(C(=O)c3ccc(F)cc3)cc2)C1. The molecule has 29 heavy (non-hydrogen) atoms. The highest BCUT2D eigenvalue weighted by Crippen LogP contribution is 2.28. The molecule has 150 valence electrons. The lowest BCUT2D eigenvalue weighted by Gasteiger charge is -2.27. The number of ketones is 1. The Balaban J connectivity index is 1.54. The third kappa shape index (κ3) is 5.74. The smallest absolute Gasteiger partial charge is 0.330 e. The lowest BCUT2D eigenvalue weighted by atomic mass is 9.81. The van der Waals surface area contributed by atoms with Gasteiger partial charge in [0.15, 0.2) is 5.78 Å². The third-order valence-corrected chi connectivity index (χ3v) is 5.29. The molecule has 0 fully saturated rings. The van der Waals surface area contributed by atoms with Gasteiger partial charge in [0.1, 0.15) is 5.82 Å². The van der Waals surface area contributed by atoms with Gasteiger partial charge in [-0.05, 0) is 60.1 Å². The zero-order chi connectivity index (χ0) is 20.8. The number of hydrogen-bond donors (Lipinski definition) is 0. The molecule has 1 aliphatic rings. The highest BCUT2D eigenvalue weighted by Gasteiger charge is 2.22. The molecule has 2 aromatic rings. The second-order valence-electron chi connectivity index (χ2n) is 7.64. The first kappa shape index (κ1) is 20.7. The number of rotatable bonds is 6. The van der Waals surface area contributed by atoms with Crippen LogP contribution in [0.2, 0.25) is 0 Å². The van der Waals surface area contributed by atoms with Crippen LogP contribution in [0.25, 0.3) is 6.08 Å². The normalized spacial score (nSPS) is 21.3. The fraction of sp³-hybridized carbons (Fsp3) is 0.280. The molecule has 3 nitrogen and oxygen atoms in total. The van der Waals surface area contributed by atoms with Gasteiger partial charge in [0.2, 0.25) is 0 Å². The van der Waals surface area contributed by atoms with Gasteiger partial charge in [-0.3, -0.25) is 4.79 Å². The molecular formula is C25H25FO3. The van der Waals surface area contributed by atoms with Crippen LogP contribution in [0.3, 0.4) is 0 Å². The van der Waals surface area contributed by atoms with E-state index in [1.807, 2.05) is 0 Å². The van der Waals surface area contributed by atoms with Crippen LogP contribution in [0.5, 0.6) is 0 Å². The summed E-state index contributed by atoms with van der Waals surface area (Å²) in [5.41, 5.74) is 1.73. The Hall–Kier alpha value is -3.01. The highest BCUT2D eigenvalue weighted by molar-refractivity contribution is 6.09. The number of halogens is 1. The Kier molecular flexibility index (Phi) is 6.76. The maximum Gasteiger partial charge on any atom is 0.330 e. The largest absolute Gasteiger partial charge is 0.462 e. The van der Waals surface area contributed by atoms with Crippen molar-refractivity contribution in [3.8, 4) is 0 Å². The second-order valence-corrected chi connectivity index (χ2v) is 7.64. The minimum Gasteiger partial charge on any atom is -0.462 e. The van der Waals surface area contributed by atoms with Gasteiger partial charge in [-0.15, -0.1) is 0 Å². The Morgan fingerprint density at radius 1 is 1.00 bits per heavy atom. The molecule has 4 heteroatoms. The van der Waals surface area contributed by atoms with E-state index in [0.717, 1.165) is 12.0 Å². The van der Waals surface area contributed by atoms with Crippen molar-refractivity contribution in [1.29, 1.82) is 0 Å². The van der Waals surface area contributed by atoms with Crippen molar-refractivity contribution in [1.82, 2.24) is 0 Å². The molecule has 0 saturated heterocycles. The van der Waals surface area contributed by atoms with E-state index >= 15 is 0 Å². The van der Waals surface area contributed by atoms with Gasteiger partial charge >= 0.3 is 5.97 Å². The Morgan fingerprint density at radius 3 is 2.28 bits per heavy atom. The van der Waals surface area contributed by atoms with Gasteiger partial charge in [-0.2, -0.15) is 0 Å².